The van der Waals surface area contributed by atoms with Crippen molar-refractivity contribution in [2.45, 2.75) is 24.4 Å². The minimum atomic E-state index is -5.86. The molecule has 0 radical (unpaired) electrons. The van der Waals surface area contributed by atoms with Crippen LogP contribution in [0.5, 0.6) is 0 Å². The molecule has 0 aliphatic carbocycles. The molecule has 1 aromatic heterocycles. The highest BCUT2D eigenvalue weighted by Gasteiger charge is 2.70. The van der Waals surface area contributed by atoms with Crippen LogP contribution in [0.3, 0.4) is 0 Å². The van der Waals surface area contributed by atoms with E-state index in [0.717, 1.165) is 6.20 Å². The third-order valence-corrected chi connectivity index (χ3v) is 3.12. The van der Waals surface area contributed by atoms with Gasteiger partial charge in [-0.2, -0.15) is 26.3 Å². The predicted octanol–water partition coefficient (Wildman–Crippen LogP) is 3.63. The molecule has 0 amide bonds. The topological polar surface area (TPSA) is 33.1 Å². The third kappa shape index (κ3) is 2.67. The Balaban J connectivity index is 2.55. The summed E-state index contributed by atoms with van der Waals surface area (Å²) in [6.45, 7) is 0. The summed E-state index contributed by atoms with van der Waals surface area (Å²) in [4.78, 5) is 3.56. The first kappa shape index (κ1) is 15.6. The fourth-order valence-corrected chi connectivity index (χ4v) is 1.93. The molecule has 21 heavy (non-hydrogen) atoms. The van der Waals surface area contributed by atoms with Crippen LogP contribution in [0.15, 0.2) is 36.5 Å². The van der Waals surface area contributed by atoms with Crippen molar-refractivity contribution in [2.75, 3.05) is 0 Å². The first-order chi connectivity index (χ1) is 9.56. The maximum absolute atomic E-state index is 12.7. The Morgan fingerprint density at radius 3 is 2.05 bits per heavy atom. The van der Waals surface area contributed by atoms with Crippen LogP contribution in [-0.4, -0.2) is 28.0 Å². The molecule has 8 heteroatoms. The van der Waals surface area contributed by atoms with E-state index in [4.69, 9.17) is 0 Å². The summed E-state index contributed by atoms with van der Waals surface area (Å²) in [5, 5.41) is 9.78. The number of rotatable bonds is 2. The van der Waals surface area contributed by atoms with Gasteiger partial charge in [0.2, 0.25) is 0 Å². The van der Waals surface area contributed by atoms with E-state index in [9.17, 15) is 31.4 Å². The van der Waals surface area contributed by atoms with Crippen LogP contribution >= 0.6 is 0 Å². The lowest BCUT2D eigenvalue weighted by Crippen LogP contribution is -2.58. The molecule has 0 bridgehead atoms. The zero-order valence-electron chi connectivity index (χ0n) is 10.3. The van der Waals surface area contributed by atoms with E-state index in [-0.39, 0.29) is 5.39 Å². The summed E-state index contributed by atoms with van der Waals surface area (Å²) in [6, 6.07) is 7.39. The number of hydrogen-bond acceptors (Lipinski definition) is 2. The van der Waals surface area contributed by atoms with Crippen molar-refractivity contribution >= 4 is 10.8 Å². The zero-order chi connectivity index (χ0) is 15.9. The van der Waals surface area contributed by atoms with Gasteiger partial charge in [0.25, 0.3) is 5.60 Å². The highest BCUT2D eigenvalue weighted by molar-refractivity contribution is 5.84. The van der Waals surface area contributed by atoms with E-state index in [0.29, 0.717) is 5.39 Å². The Kier molecular flexibility index (Phi) is 3.61. The van der Waals surface area contributed by atoms with Crippen LogP contribution in [0.2, 0.25) is 0 Å². The smallest absolute Gasteiger partial charge is 0.373 e. The maximum Gasteiger partial charge on any atom is 0.426 e. The number of hydrogen-bond donors (Lipinski definition) is 1. The lowest BCUT2D eigenvalue weighted by Gasteiger charge is -2.32. The molecular formula is C13H9F6NO. The first-order valence-corrected chi connectivity index (χ1v) is 5.75. The van der Waals surface area contributed by atoms with Crippen LogP contribution in [-0.2, 0) is 6.42 Å². The van der Waals surface area contributed by atoms with Gasteiger partial charge >= 0.3 is 12.4 Å². The summed E-state index contributed by atoms with van der Waals surface area (Å²) in [5.74, 6) is 0. The van der Waals surface area contributed by atoms with Gasteiger partial charge in [-0.05, 0) is 11.5 Å². The third-order valence-electron chi connectivity index (χ3n) is 3.12. The Morgan fingerprint density at radius 2 is 1.48 bits per heavy atom. The van der Waals surface area contributed by atoms with Gasteiger partial charge in [0.15, 0.2) is 0 Å². The lowest BCUT2D eigenvalue weighted by molar-refractivity contribution is -0.367. The fourth-order valence-electron chi connectivity index (χ4n) is 1.93. The summed E-state index contributed by atoms with van der Waals surface area (Å²) in [6.07, 6.45) is -12.3. The second-order valence-corrected chi connectivity index (χ2v) is 4.51. The molecule has 0 atom stereocenters. The van der Waals surface area contributed by atoms with Crippen LogP contribution < -0.4 is 0 Å². The van der Waals surface area contributed by atoms with E-state index < -0.39 is 30.1 Å². The summed E-state index contributed by atoms with van der Waals surface area (Å²) < 4.78 is 76.1. The Bertz CT molecular complexity index is 630. The standard InChI is InChI=1S/C13H9F6NO/c14-12(15,16)11(21,13(17,18)19)7-10-9-4-2-1-3-8(9)5-6-20-10/h1-6,21H,7H2. The van der Waals surface area contributed by atoms with E-state index in [1.54, 1.807) is 6.07 Å². The molecule has 0 aliphatic rings. The van der Waals surface area contributed by atoms with Crippen molar-refractivity contribution in [3.8, 4) is 0 Å². The monoisotopic (exact) mass is 309 g/mol. The Morgan fingerprint density at radius 1 is 0.905 bits per heavy atom. The number of aromatic nitrogens is 1. The van der Waals surface area contributed by atoms with Crippen molar-refractivity contribution in [1.29, 1.82) is 0 Å². The van der Waals surface area contributed by atoms with Crippen molar-refractivity contribution in [3.63, 3.8) is 0 Å². The highest BCUT2D eigenvalue weighted by Crippen LogP contribution is 2.45. The molecule has 0 saturated heterocycles. The highest BCUT2D eigenvalue weighted by atomic mass is 19.4. The summed E-state index contributed by atoms with van der Waals surface area (Å²) in [7, 11) is 0. The molecule has 1 N–H and O–H groups in total. The molecule has 2 nitrogen and oxygen atoms in total. The van der Waals surface area contributed by atoms with E-state index >= 15 is 0 Å². The lowest BCUT2D eigenvalue weighted by atomic mass is 9.93. The predicted molar refractivity (Wildman–Crippen MR) is 62.5 cm³/mol. The molecule has 1 aromatic carbocycles. The van der Waals surface area contributed by atoms with Crippen molar-refractivity contribution in [1.82, 2.24) is 4.98 Å². The summed E-state index contributed by atoms with van der Waals surface area (Å²) in [5.41, 5.74) is -5.30. The van der Waals surface area contributed by atoms with E-state index in [1.165, 1.54) is 24.3 Å². The number of benzene rings is 1. The minimum absolute atomic E-state index is 0.131. The van der Waals surface area contributed by atoms with Crippen LogP contribution in [0.4, 0.5) is 26.3 Å². The van der Waals surface area contributed by atoms with Gasteiger partial charge in [-0.3, -0.25) is 4.98 Å². The van der Waals surface area contributed by atoms with Crippen LogP contribution in [0, 0.1) is 0 Å². The molecular weight excluding hydrogens is 300 g/mol. The van der Waals surface area contributed by atoms with Gasteiger partial charge in [0, 0.05) is 18.0 Å². The van der Waals surface area contributed by atoms with E-state index in [2.05, 4.69) is 4.98 Å². The second kappa shape index (κ2) is 4.87. The van der Waals surface area contributed by atoms with E-state index in [1.807, 2.05) is 0 Å². The number of alkyl halides is 6. The number of fused-ring (bicyclic) bond motifs is 1. The molecule has 2 rings (SSSR count). The zero-order valence-corrected chi connectivity index (χ0v) is 10.3. The van der Waals surface area contributed by atoms with Gasteiger partial charge in [0.1, 0.15) is 0 Å². The van der Waals surface area contributed by atoms with Crippen LogP contribution in [0.25, 0.3) is 10.8 Å². The Hall–Kier alpha value is -1.83. The second-order valence-electron chi connectivity index (χ2n) is 4.51. The van der Waals surface area contributed by atoms with Gasteiger partial charge in [-0.25, -0.2) is 0 Å². The molecule has 114 valence electrons. The fraction of sp³-hybridized carbons (Fsp3) is 0.308. The number of nitrogens with zero attached hydrogens (tertiary/aromatic N) is 1. The molecule has 2 aromatic rings. The molecule has 0 saturated carbocycles. The number of pyridine rings is 1. The van der Waals surface area contributed by atoms with Crippen molar-refractivity contribution in [3.05, 3.63) is 42.2 Å². The van der Waals surface area contributed by atoms with Crippen LogP contribution in [0.1, 0.15) is 5.69 Å². The number of halogens is 6. The molecule has 0 fully saturated rings. The number of aliphatic hydroxyl groups is 1. The SMILES string of the molecule is OC(Cc1nccc2ccccc12)(C(F)(F)F)C(F)(F)F. The van der Waals surface area contributed by atoms with Crippen molar-refractivity contribution in [2.24, 2.45) is 0 Å². The summed E-state index contributed by atoms with van der Waals surface area (Å²) >= 11 is 0. The molecule has 0 spiro atoms. The molecule has 1 heterocycles. The normalized spacial score (nSPS) is 13.7. The maximum atomic E-state index is 12.7. The first-order valence-electron chi connectivity index (χ1n) is 5.75. The largest absolute Gasteiger partial charge is 0.426 e. The minimum Gasteiger partial charge on any atom is -0.373 e. The van der Waals surface area contributed by atoms with Gasteiger partial charge in [-0.1, -0.05) is 24.3 Å². The Labute approximate surface area is 115 Å². The van der Waals surface area contributed by atoms with Gasteiger partial charge in [0.05, 0.1) is 5.69 Å². The van der Waals surface area contributed by atoms with Crippen molar-refractivity contribution < 1.29 is 31.4 Å². The average molecular weight is 309 g/mol. The quantitative estimate of drug-likeness (QED) is 0.859. The average Bonchev–Trinajstić information content (AvgIpc) is 2.36. The van der Waals surface area contributed by atoms with Gasteiger partial charge < -0.3 is 5.11 Å². The van der Waals surface area contributed by atoms with Gasteiger partial charge in [-0.15, -0.1) is 0 Å². The molecule has 0 unspecified atom stereocenters. The molecule has 0 aliphatic heterocycles.